The van der Waals surface area contributed by atoms with Gasteiger partial charge >= 0.3 is 0 Å². The van der Waals surface area contributed by atoms with Crippen molar-refractivity contribution < 1.29 is 9.53 Å². The number of benzene rings is 3. The van der Waals surface area contributed by atoms with Crippen molar-refractivity contribution in [2.24, 2.45) is 7.05 Å². The van der Waals surface area contributed by atoms with E-state index in [-0.39, 0.29) is 11.9 Å². The van der Waals surface area contributed by atoms with Crippen LogP contribution in [0.4, 0.5) is 0 Å². The third-order valence-corrected chi connectivity index (χ3v) is 6.35. The van der Waals surface area contributed by atoms with Gasteiger partial charge in [0.15, 0.2) is 0 Å². The average molecular weight is 411 g/mol. The molecule has 1 aliphatic rings. The number of para-hydroxylation sites is 1. The van der Waals surface area contributed by atoms with Gasteiger partial charge in [-0.15, -0.1) is 0 Å². The van der Waals surface area contributed by atoms with E-state index in [2.05, 4.69) is 65.0 Å². The van der Waals surface area contributed by atoms with Gasteiger partial charge in [-0.3, -0.25) is 4.79 Å². The Morgan fingerprint density at radius 2 is 1.74 bits per heavy atom. The molecule has 31 heavy (non-hydrogen) atoms. The standard InChI is InChI=1S/C27H26N2O2/c1-28-23-14-7-6-13-22(23)26(27(28)20-11-8-12-21(17-20)31-2)24-15-16-25(30)29(24)18-19-9-4-3-5-10-19/h3-14,17,24H,15-16,18H2,1-2H3/t24-/m1/s1. The molecule has 4 aromatic rings. The second kappa shape index (κ2) is 7.95. The third kappa shape index (κ3) is 3.38. The quantitative estimate of drug-likeness (QED) is 0.422. The van der Waals surface area contributed by atoms with Gasteiger partial charge in [0.1, 0.15) is 5.75 Å². The monoisotopic (exact) mass is 410 g/mol. The highest BCUT2D eigenvalue weighted by Crippen LogP contribution is 2.44. The summed E-state index contributed by atoms with van der Waals surface area (Å²) in [7, 11) is 3.80. The van der Waals surface area contributed by atoms with Crippen molar-refractivity contribution in [2.75, 3.05) is 7.11 Å². The number of rotatable bonds is 5. The fourth-order valence-corrected chi connectivity index (χ4v) is 4.89. The van der Waals surface area contributed by atoms with E-state index in [1.807, 2.05) is 30.3 Å². The van der Waals surface area contributed by atoms with Gasteiger partial charge < -0.3 is 14.2 Å². The second-order valence-electron chi connectivity index (χ2n) is 8.13. The average Bonchev–Trinajstić information content (AvgIpc) is 3.31. The summed E-state index contributed by atoms with van der Waals surface area (Å²) < 4.78 is 7.75. The number of methoxy groups -OCH3 is 1. The Labute approximate surface area is 182 Å². The molecule has 0 aliphatic carbocycles. The lowest BCUT2D eigenvalue weighted by molar-refractivity contribution is -0.129. The van der Waals surface area contributed by atoms with E-state index in [4.69, 9.17) is 4.74 Å². The Hall–Kier alpha value is -3.53. The number of aryl methyl sites for hydroxylation is 1. The first-order valence-electron chi connectivity index (χ1n) is 10.7. The topological polar surface area (TPSA) is 34.5 Å². The molecule has 0 saturated carbocycles. The van der Waals surface area contributed by atoms with Crippen LogP contribution < -0.4 is 4.74 Å². The Bertz CT molecular complexity index is 1240. The summed E-state index contributed by atoms with van der Waals surface area (Å²) in [5.74, 6) is 1.05. The van der Waals surface area contributed by atoms with Gasteiger partial charge in [0.2, 0.25) is 5.91 Å². The fraction of sp³-hybridized carbons (Fsp3) is 0.222. The van der Waals surface area contributed by atoms with Crippen LogP contribution in [0.15, 0.2) is 78.9 Å². The largest absolute Gasteiger partial charge is 0.497 e. The summed E-state index contributed by atoms with van der Waals surface area (Å²) in [6.45, 7) is 0.630. The SMILES string of the molecule is COc1cccc(-c2c([C@H]3CCC(=O)N3Cc3ccccc3)c3ccccc3n2C)c1. The highest BCUT2D eigenvalue weighted by Gasteiger charge is 2.36. The van der Waals surface area contributed by atoms with Crippen LogP contribution >= 0.6 is 0 Å². The molecule has 1 atom stereocenters. The van der Waals surface area contributed by atoms with Crippen LogP contribution in [0.5, 0.6) is 5.75 Å². The lowest BCUT2D eigenvalue weighted by Gasteiger charge is -2.26. The molecule has 1 fully saturated rings. The molecule has 0 N–H and O–H groups in total. The molecular weight excluding hydrogens is 384 g/mol. The van der Waals surface area contributed by atoms with Gasteiger partial charge in [-0.1, -0.05) is 60.7 Å². The molecule has 0 bridgehead atoms. The molecule has 0 spiro atoms. The first-order chi connectivity index (χ1) is 15.2. The van der Waals surface area contributed by atoms with Gasteiger partial charge in [0.05, 0.1) is 18.8 Å². The number of hydrogen-bond acceptors (Lipinski definition) is 2. The lowest BCUT2D eigenvalue weighted by Crippen LogP contribution is -2.27. The van der Waals surface area contributed by atoms with E-state index < -0.39 is 0 Å². The van der Waals surface area contributed by atoms with E-state index in [0.717, 1.165) is 29.0 Å². The molecule has 4 nitrogen and oxygen atoms in total. The first-order valence-corrected chi connectivity index (χ1v) is 10.7. The zero-order chi connectivity index (χ0) is 21.4. The molecule has 2 heterocycles. The third-order valence-electron chi connectivity index (χ3n) is 6.35. The zero-order valence-electron chi connectivity index (χ0n) is 17.9. The maximum Gasteiger partial charge on any atom is 0.223 e. The molecule has 5 rings (SSSR count). The molecule has 156 valence electrons. The van der Waals surface area contributed by atoms with Crippen LogP contribution in [0.1, 0.15) is 30.0 Å². The molecule has 0 radical (unpaired) electrons. The van der Waals surface area contributed by atoms with Crippen LogP contribution in [0.25, 0.3) is 22.2 Å². The summed E-state index contributed by atoms with van der Waals surface area (Å²) in [6, 6.07) is 27.0. The van der Waals surface area contributed by atoms with Gasteiger partial charge in [-0.25, -0.2) is 0 Å². The molecule has 1 saturated heterocycles. The minimum Gasteiger partial charge on any atom is -0.497 e. The van der Waals surface area contributed by atoms with Crippen molar-refractivity contribution in [1.82, 2.24) is 9.47 Å². The maximum absolute atomic E-state index is 13.0. The maximum atomic E-state index is 13.0. The van der Waals surface area contributed by atoms with Crippen molar-refractivity contribution in [3.05, 3.63) is 90.0 Å². The molecule has 3 aromatic carbocycles. The number of hydrogen-bond donors (Lipinski definition) is 0. The first kappa shape index (κ1) is 19.4. The Morgan fingerprint density at radius 1 is 0.968 bits per heavy atom. The van der Waals surface area contributed by atoms with Gasteiger partial charge in [0, 0.05) is 42.0 Å². The Kier molecular flexibility index (Phi) is 4.99. The van der Waals surface area contributed by atoms with Crippen LogP contribution in [-0.4, -0.2) is 22.5 Å². The van der Waals surface area contributed by atoms with Crippen molar-refractivity contribution >= 4 is 16.8 Å². The van der Waals surface area contributed by atoms with E-state index in [9.17, 15) is 4.79 Å². The Balaban J connectivity index is 1.69. The van der Waals surface area contributed by atoms with Crippen molar-refractivity contribution in [2.45, 2.75) is 25.4 Å². The van der Waals surface area contributed by atoms with Crippen LogP contribution in [0.2, 0.25) is 0 Å². The van der Waals surface area contributed by atoms with Gasteiger partial charge in [-0.2, -0.15) is 0 Å². The van der Waals surface area contributed by atoms with Crippen molar-refractivity contribution in [3.8, 4) is 17.0 Å². The number of fused-ring (bicyclic) bond motifs is 1. The van der Waals surface area contributed by atoms with Crippen LogP contribution in [0.3, 0.4) is 0 Å². The predicted molar refractivity (Wildman–Crippen MR) is 124 cm³/mol. The van der Waals surface area contributed by atoms with Gasteiger partial charge in [-0.05, 0) is 30.2 Å². The molecule has 1 aliphatic heterocycles. The summed E-state index contributed by atoms with van der Waals surface area (Å²) in [6.07, 6.45) is 1.41. The molecule has 1 aromatic heterocycles. The van der Waals surface area contributed by atoms with Gasteiger partial charge in [0.25, 0.3) is 0 Å². The second-order valence-corrected chi connectivity index (χ2v) is 8.13. The zero-order valence-corrected chi connectivity index (χ0v) is 17.9. The molecule has 4 heteroatoms. The Morgan fingerprint density at radius 3 is 2.55 bits per heavy atom. The minimum absolute atomic E-state index is 0.0417. The minimum atomic E-state index is 0.0417. The number of carbonyl (C=O) groups is 1. The normalized spacial score (nSPS) is 16.3. The molecule has 0 unspecified atom stereocenters. The number of aromatic nitrogens is 1. The van der Waals surface area contributed by atoms with E-state index in [1.165, 1.54) is 16.5 Å². The molecular formula is C27H26N2O2. The van der Waals surface area contributed by atoms with Crippen LogP contribution in [-0.2, 0) is 18.4 Å². The summed E-state index contributed by atoms with van der Waals surface area (Å²) in [5.41, 5.74) is 5.82. The number of amides is 1. The summed E-state index contributed by atoms with van der Waals surface area (Å²) >= 11 is 0. The van der Waals surface area contributed by atoms with E-state index >= 15 is 0 Å². The molecule has 1 amide bonds. The highest BCUT2D eigenvalue weighted by molar-refractivity contribution is 5.94. The van der Waals surface area contributed by atoms with E-state index in [0.29, 0.717) is 13.0 Å². The van der Waals surface area contributed by atoms with Crippen LogP contribution in [0, 0.1) is 0 Å². The summed E-state index contributed by atoms with van der Waals surface area (Å²) in [5, 5.41) is 1.21. The predicted octanol–water partition coefficient (Wildman–Crippen LogP) is 5.72. The van der Waals surface area contributed by atoms with Crippen molar-refractivity contribution in [1.29, 1.82) is 0 Å². The smallest absolute Gasteiger partial charge is 0.223 e. The number of carbonyl (C=O) groups excluding carboxylic acids is 1. The van der Waals surface area contributed by atoms with Crippen molar-refractivity contribution in [3.63, 3.8) is 0 Å². The lowest BCUT2D eigenvalue weighted by atomic mass is 9.96. The summed E-state index contributed by atoms with van der Waals surface area (Å²) in [4.78, 5) is 15.0. The fourth-order valence-electron chi connectivity index (χ4n) is 4.89. The number of nitrogens with zero attached hydrogens (tertiary/aromatic N) is 2. The number of ether oxygens (including phenoxy) is 1. The van der Waals surface area contributed by atoms with E-state index in [1.54, 1.807) is 7.11 Å². The number of likely N-dealkylation sites (tertiary alicyclic amines) is 1. The highest BCUT2D eigenvalue weighted by atomic mass is 16.5.